The van der Waals surface area contributed by atoms with Crippen molar-refractivity contribution in [2.24, 2.45) is 0 Å². The molecule has 0 aromatic carbocycles. The number of hydrogen-bond acceptors (Lipinski definition) is 8. The fourth-order valence-electron chi connectivity index (χ4n) is 3.81. The number of thioether (sulfide) groups is 1. The average molecular weight is 433 g/mol. The van der Waals surface area contributed by atoms with Crippen molar-refractivity contribution in [2.45, 2.75) is 70.4 Å². The molecule has 0 saturated heterocycles. The Kier molecular flexibility index (Phi) is 5.48. The Hall–Kier alpha value is -1.48. The molecule has 2 N–H and O–H groups in total. The van der Waals surface area contributed by atoms with Crippen LogP contribution in [0, 0.1) is 0 Å². The van der Waals surface area contributed by atoms with Gasteiger partial charge in [0, 0.05) is 23.9 Å². The first-order valence-electron chi connectivity index (χ1n) is 9.96. The molecule has 0 fully saturated rings. The zero-order valence-electron chi connectivity index (χ0n) is 17.8. The van der Waals surface area contributed by atoms with E-state index < -0.39 is 6.10 Å². The smallest absolute Gasteiger partial charge is 0.189 e. The first-order chi connectivity index (χ1) is 13.7. The lowest BCUT2D eigenvalue weighted by Crippen LogP contribution is -2.32. The quantitative estimate of drug-likeness (QED) is 0.446. The Morgan fingerprint density at radius 2 is 1.97 bits per heavy atom. The lowest BCUT2D eigenvalue weighted by atomic mass is 9.87. The summed E-state index contributed by atoms with van der Waals surface area (Å²) in [5.74, 6) is 1.10. The molecule has 156 valence electrons. The number of hydrogen-bond donors (Lipinski definition) is 2. The van der Waals surface area contributed by atoms with E-state index in [2.05, 4.69) is 38.0 Å². The molecule has 29 heavy (non-hydrogen) atoms. The maximum absolute atomic E-state index is 9.73. The predicted octanol–water partition coefficient (Wildman–Crippen LogP) is 4.73. The Morgan fingerprint density at radius 1 is 1.21 bits per heavy atom. The number of fused-ring (bicyclic) bond motifs is 5. The van der Waals surface area contributed by atoms with Crippen molar-refractivity contribution >= 4 is 49.3 Å². The highest BCUT2D eigenvalue weighted by molar-refractivity contribution is 7.98. The van der Waals surface area contributed by atoms with Crippen LogP contribution in [-0.2, 0) is 17.8 Å². The van der Waals surface area contributed by atoms with Crippen LogP contribution in [0.1, 0.15) is 57.4 Å². The molecule has 4 heterocycles. The molecule has 1 atom stereocenters. The minimum atomic E-state index is -0.455. The van der Waals surface area contributed by atoms with Gasteiger partial charge < -0.3 is 15.2 Å². The van der Waals surface area contributed by atoms with Crippen LogP contribution in [0.2, 0.25) is 0 Å². The van der Waals surface area contributed by atoms with Gasteiger partial charge in [-0.3, -0.25) is 0 Å². The highest BCUT2D eigenvalue weighted by atomic mass is 32.2. The number of aliphatic hydroxyl groups is 1. The van der Waals surface area contributed by atoms with Gasteiger partial charge in [0.15, 0.2) is 5.16 Å². The van der Waals surface area contributed by atoms with E-state index in [0.717, 1.165) is 43.5 Å². The van der Waals surface area contributed by atoms with Crippen molar-refractivity contribution in [3.8, 4) is 0 Å². The summed E-state index contributed by atoms with van der Waals surface area (Å²) in [7, 11) is 0. The molecule has 0 spiro atoms. The molecule has 6 nitrogen and oxygen atoms in total. The average Bonchev–Trinajstić information content (AvgIpc) is 3.03. The fourth-order valence-corrected chi connectivity index (χ4v) is 5.29. The number of ether oxygens (including phenoxy) is 1. The van der Waals surface area contributed by atoms with Crippen molar-refractivity contribution in [1.29, 1.82) is 0 Å². The minimum absolute atomic E-state index is 0.216. The highest BCUT2D eigenvalue weighted by Gasteiger charge is 2.32. The van der Waals surface area contributed by atoms with Crippen LogP contribution in [0.25, 0.3) is 20.4 Å². The van der Waals surface area contributed by atoms with E-state index in [1.54, 1.807) is 18.3 Å². The molecule has 1 aliphatic heterocycles. The van der Waals surface area contributed by atoms with Gasteiger partial charge in [-0.2, -0.15) is 0 Å². The Morgan fingerprint density at radius 3 is 2.62 bits per heavy atom. The SMILES string of the molecule is CSc1nc(NC[C@@H](C)O)c2sc3nc(C(C)C)c4c(c3c2n1)CC(C)(C)OC4. The Labute approximate surface area is 179 Å². The van der Waals surface area contributed by atoms with Crippen LogP contribution in [-0.4, -0.2) is 44.6 Å². The number of nitrogens with one attached hydrogen (secondary N) is 1. The molecule has 0 saturated carbocycles. The maximum Gasteiger partial charge on any atom is 0.189 e. The Bertz CT molecular complexity index is 1080. The van der Waals surface area contributed by atoms with E-state index in [0.29, 0.717) is 19.1 Å². The summed E-state index contributed by atoms with van der Waals surface area (Å²) in [6.45, 7) is 11.4. The predicted molar refractivity (Wildman–Crippen MR) is 121 cm³/mol. The summed E-state index contributed by atoms with van der Waals surface area (Å²) in [6, 6.07) is 0. The molecule has 3 aromatic rings. The number of anilines is 1. The summed E-state index contributed by atoms with van der Waals surface area (Å²) in [6.07, 6.45) is 2.36. The third-order valence-corrected chi connectivity index (χ3v) is 6.82. The monoisotopic (exact) mass is 432 g/mol. The van der Waals surface area contributed by atoms with Gasteiger partial charge in [0.05, 0.1) is 34.2 Å². The summed E-state index contributed by atoms with van der Waals surface area (Å²) in [5.41, 5.74) is 4.38. The molecule has 0 amide bonds. The van der Waals surface area contributed by atoms with Gasteiger partial charge in [-0.1, -0.05) is 25.6 Å². The number of aliphatic hydroxyl groups excluding tert-OH is 1. The lowest BCUT2D eigenvalue weighted by Gasteiger charge is -2.33. The number of aromatic nitrogens is 3. The van der Waals surface area contributed by atoms with Crippen molar-refractivity contribution in [2.75, 3.05) is 18.1 Å². The van der Waals surface area contributed by atoms with Gasteiger partial charge in [0.25, 0.3) is 0 Å². The van der Waals surface area contributed by atoms with E-state index in [9.17, 15) is 5.11 Å². The molecular formula is C21H28N4O2S2. The summed E-state index contributed by atoms with van der Waals surface area (Å²) in [5, 5.41) is 14.9. The van der Waals surface area contributed by atoms with Crippen molar-refractivity contribution in [1.82, 2.24) is 15.0 Å². The van der Waals surface area contributed by atoms with Crippen molar-refractivity contribution in [3.63, 3.8) is 0 Å². The standard InChI is InChI=1S/C21H28N4O2S2/c1-10(2)15-13-9-27-21(4,5)7-12(13)14-16-17(29-19(14)23-15)18(22-8-11(3)26)25-20(24-16)28-6/h10-11,26H,7-9H2,1-6H3,(H,22,24,25)/t11-/m1/s1. The van der Waals surface area contributed by atoms with E-state index >= 15 is 0 Å². The summed E-state index contributed by atoms with van der Waals surface area (Å²) >= 11 is 3.16. The fraction of sp³-hybridized carbons (Fsp3) is 0.571. The van der Waals surface area contributed by atoms with Crippen molar-refractivity contribution < 1.29 is 9.84 Å². The normalized spacial score (nSPS) is 17.1. The van der Waals surface area contributed by atoms with E-state index in [1.807, 2.05) is 6.26 Å². The molecule has 4 rings (SSSR count). The third-order valence-electron chi connectivity index (χ3n) is 5.20. The number of nitrogens with zero attached hydrogens (tertiary/aromatic N) is 3. The highest BCUT2D eigenvalue weighted by Crippen LogP contribution is 2.43. The first-order valence-corrected chi connectivity index (χ1v) is 12.0. The molecule has 8 heteroatoms. The van der Waals surface area contributed by atoms with Gasteiger partial charge >= 0.3 is 0 Å². The number of pyridine rings is 1. The second kappa shape index (κ2) is 7.65. The van der Waals surface area contributed by atoms with Gasteiger partial charge in [-0.15, -0.1) is 11.3 Å². The van der Waals surface area contributed by atoms with Crippen molar-refractivity contribution in [3.05, 3.63) is 16.8 Å². The van der Waals surface area contributed by atoms with Gasteiger partial charge in [-0.25, -0.2) is 15.0 Å². The summed E-state index contributed by atoms with van der Waals surface area (Å²) in [4.78, 5) is 15.6. The maximum atomic E-state index is 9.73. The van der Waals surface area contributed by atoms with Crippen LogP contribution in [0.4, 0.5) is 5.82 Å². The van der Waals surface area contributed by atoms with Crippen LogP contribution in [0.3, 0.4) is 0 Å². The number of thiophene rings is 1. The molecule has 0 bridgehead atoms. The summed E-state index contributed by atoms with van der Waals surface area (Å²) < 4.78 is 7.14. The molecule has 0 radical (unpaired) electrons. The topological polar surface area (TPSA) is 80.2 Å². The van der Waals surface area contributed by atoms with Gasteiger partial charge in [0.2, 0.25) is 0 Å². The van der Waals surface area contributed by atoms with E-state index in [-0.39, 0.29) is 5.60 Å². The molecule has 0 unspecified atom stereocenters. The van der Waals surface area contributed by atoms with Crippen LogP contribution >= 0.6 is 23.1 Å². The molecule has 3 aromatic heterocycles. The van der Waals surface area contributed by atoms with Crippen LogP contribution in [0.15, 0.2) is 5.16 Å². The van der Waals surface area contributed by atoms with Crippen LogP contribution < -0.4 is 5.32 Å². The Balaban J connectivity index is 2.04. The van der Waals surface area contributed by atoms with E-state index in [4.69, 9.17) is 14.7 Å². The van der Waals surface area contributed by atoms with E-state index in [1.165, 1.54) is 22.9 Å². The second-order valence-corrected chi connectivity index (χ2v) is 10.4. The van der Waals surface area contributed by atoms with Gasteiger partial charge in [-0.05, 0) is 38.5 Å². The zero-order valence-corrected chi connectivity index (χ0v) is 19.4. The van der Waals surface area contributed by atoms with Crippen LogP contribution in [0.5, 0.6) is 0 Å². The molecular weight excluding hydrogens is 404 g/mol. The second-order valence-electron chi connectivity index (χ2n) is 8.58. The number of rotatable bonds is 5. The lowest BCUT2D eigenvalue weighted by molar-refractivity contribution is -0.0402. The largest absolute Gasteiger partial charge is 0.392 e. The third kappa shape index (κ3) is 3.83. The minimum Gasteiger partial charge on any atom is -0.392 e. The molecule has 1 aliphatic rings. The zero-order chi connectivity index (χ0) is 20.9. The molecule has 0 aliphatic carbocycles. The van der Waals surface area contributed by atoms with Gasteiger partial charge in [0.1, 0.15) is 10.6 Å². The first kappa shape index (κ1) is 20.8.